The van der Waals surface area contributed by atoms with Crippen LogP contribution in [-0.2, 0) is 4.74 Å². The summed E-state index contributed by atoms with van der Waals surface area (Å²) < 4.78 is 5.94. The Morgan fingerprint density at radius 1 is 1.25 bits per heavy atom. The minimum Gasteiger partial charge on any atom is -0.372 e. The van der Waals surface area contributed by atoms with Gasteiger partial charge in [0.05, 0.1) is 12.2 Å². The molecule has 0 aromatic heterocycles. The van der Waals surface area contributed by atoms with Gasteiger partial charge in [0.25, 0.3) is 0 Å². The molecular weight excluding hydrogens is 200 g/mol. The molecule has 3 nitrogen and oxygen atoms in total. The molecule has 0 N–H and O–H groups in total. The van der Waals surface area contributed by atoms with Gasteiger partial charge in [-0.2, -0.15) is 0 Å². The Morgan fingerprint density at radius 3 is 2.56 bits per heavy atom. The van der Waals surface area contributed by atoms with Crippen molar-refractivity contribution in [2.24, 2.45) is 0 Å². The number of ether oxygens (including phenoxy) is 1. The Bertz CT molecular complexity index is 212. The predicted molar refractivity (Wildman–Crippen MR) is 66.8 cm³/mol. The van der Waals surface area contributed by atoms with Crippen LogP contribution < -0.4 is 0 Å². The molecule has 1 heterocycles. The third-order valence-electron chi connectivity index (χ3n) is 4.22. The van der Waals surface area contributed by atoms with Crippen molar-refractivity contribution in [2.45, 2.75) is 38.7 Å². The van der Waals surface area contributed by atoms with Crippen LogP contribution in [0.1, 0.15) is 33.1 Å². The summed E-state index contributed by atoms with van der Waals surface area (Å²) in [7, 11) is 0. The van der Waals surface area contributed by atoms with E-state index in [9.17, 15) is 0 Å². The van der Waals surface area contributed by atoms with Crippen molar-refractivity contribution in [1.82, 2.24) is 9.80 Å². The van der Waals surface area contributed by atoms with E-state index in [4.69, 9.17) is 4.74 Å². The Labute approximate surface area is 99.7 Å². The van der Waals surface area contributed by atoms with Crippen LogP contribution in [0, 0.1) is 0 Å². The molecule has 2 rings (SSSR count). The molecule has 2 fully saturated rings. The molecule has 1 saturated carbocycles. The standard InChI is InChI=1S/C13H26N2O/c1-3-14(4-2)8-9-15-10-11-16-13(12-15)6-5-7-13/h3-12H2,1-2H3. The molecule has 0 radical (unpaired) electrons. The van der Waals surface area contributed by atoms with Gasteiger partial charge in [0.2, 0.25) is 0 Å². The zero-order valence-electron chi connectivity index (χ0n) is 10.9. The molecular formula is C13H26N2O. The first kappa shape index (κ1) is 12.3. The van der Waals surface area contributed by atoms with Crippen molar-refractivity contribution in [3.8, 4) is 0 Å². The van der Waals surface area contributed by atoms with Crippen molar-refractivity contribution in [3.05, 3.63) is 0 Å². The van der Waals surface area contributed by atoms with Gasteiger partial charge in [-0.3, -0.25) is 4.90 Å². The zero-order chi connectivity index (χ0) is 11.4. The lowest BCUT2D eigenvalue weighted by molar-refractivity contribution is -0.151. The summed E-state index contributed by atoms with van der Waals surface area (Å²) in [5, 5.41) is 0. The number of morpholine rings is 1. The molecule has 0 amide bonds. The normalized spacial score (nSPS) is 24.9. The SMILES string of the molecule is CCN(CC)CCN1CCOC2(CCC2)C1. The molecule has 16 heavy (non-hydrogen) atoms. The van der Waals surface area contributed by atoms with Crippen LogP contribution in [0.5, 0.6) is 0 Å². The average molecular weight is 226 g/mol. The summed E-state index contributed by atoms with van der Waals surface area (Å²) in [6, 6.07) is 0. The highest BCUT2D eigenvalue weighted by molar-refractivity contribution is 4.94. The number of hydrogen-bond donors (Lipinski definition) is 0. The van der Waals surface area contributed by atoms with Gasteiger partial charge in [0.15, 0.2) is 0 Å². The fraction of sp³-hybridized carbons (Fsp3) is 1.00. The Hall–Kier alpha value is -0.120. The van der Waals surface area contributed by atoms with Crippen LogP contribution in [0.25, 0.3) is 0 Å². The third kappa shape index (κ3) is 2.76. The number of likely N-dealkylation sites (N-methyl/N-ethyl adjacent to an activating group) is 1. The maximum Gasteiger partial charge on any atom is 0.0809 e. The fourth-order valence-electron chi connectivity index (χ4n) is 2.81. The van der Waals surface area contributed by atoms with E-state index in [2.05, 4.69) is 23.6 Å². The quantitative estimate of drug-likeness (QED) is 0.708. The average Bonchev–Trinajstić information content (AvgIpc) is 2.29. The highest BCUT2D eigenvalue weighted by Gasteiger charge is 2.41. The van der Waals surface area contributed by atoms with E-state index < -0.39 is 0 Å². The van der Waals surface area contributed by atoms with Gasteiger partial charge in [-0.15, -0.1) is 0 Å². The molecule has 1 aliphatic heterocycles. The molecule has 1 saturated heterocycles. The van der Waals surface area contributed by atoms with Crippen molar-refractivity contribution >= 4 is 0 Å². The van der Waals surface area contributed by atoms with Crippen molar-refractivity contribution in [2.75, 3.05) is 45.9 Å². The second-order valence-electron chi connectivity index (χ2n) is 5.19. The lowest BCUT2D eigenvalue weighted by Gasteiger charge is -2.48. The van der Waals surface area contributed by atoms with Crippen molar-refractivity contribution in [1.29, 1.82) is 0 Å². The monoisotopic (exact) mass is 226 g/mol. The second kappa shape index (κ2) is 5.48. The van der Waals surface area contributed by atoms with Gasteiger partial charge in [-0.1, -0.05) is 13.8 Å². The summed E-state index contributed by atoms with van der Waals surface area (Å²) in [5.41, 5.74) is 0.265. The second-order valence-corrected chi connectivity index (χ2v) is 5.19. The van der Waals surface area contributed by atoms with E-state index in [-0.39, 0.29) is 5.60 Å². The molecule has 0 aromatic rings. The maximum atomic E-state index is 5.94. The third-order valence-corrected chi connectivity index (χ3v) is 4.22. The molecule has 94 valence electrons. The topological polar surface area (TPSA) is 15.7 Å². The minimum absolute atomic E-state index is 0.265. The highest BCUT2D eigenvalue weighted by atomic mass is 16.5. The number of nitrogens with zero attached hydrogens (tertiary/aromatic N) is 2. The number of hydrogen-bond acceptors (Lipinski definition) is 3. The molecule has 1 aliphatic carbocycles. The lowest BCUT2D eigenvalue weighted by atomic mass is 9.79. The van der Waals surface area contributed by atoms with E-state index in [1.807, 2.05) is 0 Å². The van der Waals surface area contributed by atoms with Crippen molar-refractivity contribution < 1.29 is 4.74 Å². The van der Waals surface area contributed by atoms with Gasteiger partial charge >= 0.3 is 0 Å². The van der Waals surface area contributed by atoms with Gasteiger partial charge in [-0.05, 0) is 32.4 Å². The first-order chi connectivity index (χ1) is 7.78. The first-order valence-electron chi connectivity index (χ1n) is 6.87. The molecule has 0 bridgehead atoms. The first-order valence-corrected chi connectivity index (χ1v) is 6.87. The largest absolute Gasteiger partial charge is 0.372 e. The van der Waals surface area contributed by atoms with Crippen LogP contribution in [0.15, 0.2) is 0 Å². The van der Waals surface area contributed by atoms with E-state index in [1.54, 1.807) is 0 Å². The number of rotatable bonds is 5. The Morgan fingerprint density at radius 2 is 2.00 bits per heavy atom. The molecule has 0 aromatic carbocycles. The summed E-state index contributed by atoms with van der Waals surface area (Å²) in [6.45, 7) is 12.5. The van der Waals surface area contributed by atoms with Crippen molar-refractivity contribution in [3.63, 3.8) is 0 Å². The molecule has 0 unspecified atom stereocenters. The van der Waals surface area contributed by atoms with Crippen LogP contribution in [0.3, 0.4) is 0 Å². The molecule has 0 atom stereocenters. The van der Waals surface area contributed by atoms with Gasteiger partial charge < -0.3 is 9.64 Å². The van der Waals surface area contributed by atoms with E-state index in [0.29, 0.717) is 0 Å². The fourth-order valence-corrected chi connectivity index (χ4v) is 2.81. The summed E-state index contributed by atoms with van der Waals surface area (Å²) in [4.78, 5) is 5.10. The summed E-state index contributed by atoms with van der Waals surface area (Å²) >= 11 is 0. The maximum absolute atomic E-state index is 5.94. The molecule has 2 aliphatic rings. The summed E-state index contributed by atoms with van der Waals surface area (Å²) in [5.74, 6) is 0. The van der Waals surface area contributed by atoms with Gasteiger partial charge in [0.1, 0.15) is 0 Å². The van der Waals surface area contributed by atoms with Crippen LogP contribution in [-0.4, -0.2) is 61.3 Å². The zero-order valence-corrected chi connectivity index (χ0v) is 10.9. The lowest BCUT2D eigenvalue weighted by Crippen LogP contribution is -2.56. The van der Waals surface area contributed by atoms with E-state index >= 15 is 0 Å². The smallest absolute Gasteiger partial charge is 0.0809 e. The van der Waals surface area contributed by atoms with Crippen LogP contribution >= 0.6 is 0 Å². The summed E-state index contributed by atoms with van der Waals surface area (Å²) in [6.07, 6.45) is 3.94. The van der Waals surface area contributed by atoms with Crippen LogP contribution in [0.2, 0.25) is 0 Å². The van der Waals surface area contributed by atoms with Crippen LogP contribution in [0.4, 0.5) is 0 Å². The Balaban J connectivity index is 1.73. The Kier molecular flexibility index (Phi) is 4.22. The van der Waals surface area contributed by atoms with Gasteiger partial charge in [-0.25, -0.2) is 0 Å². The predicted octanol–water partition coefficient (Wildman–Crippen LogP) is 1.58. The van der Waals surface area contributed by atoms with E-state index in [0.717, 1.165) is 13.2 Å². The molecule has 1 spiro atoms. The molecule has 3 heteroatoms. The minimum atomic E-state index is 0.265. The van der Waals surface area contributed by atoms with E-state index in [1.165, 1.54) is 52.0 Å². The highest BCUT2D eigenvalue weighted by Crippen LogP contribution is 2.37. The van der Waals surface area contributed by atoms with Gasteiger partial charge in [0, 0.05) is 26.2 Å².